The maximum atomic E-state index is 13.3. The van der Waals surface area contributed by atoms with E-state index in [9.17, 15) is 9.18 Å². The van der Waals surface area contributed by atoms with Crippen LogP contribution in [0.15, 0.2) is 48.5 Å². The summed E-state index contributed by atoms with van der Waals surface area (Å²) in [5.74, 6) is 0.506. The third kappa shape index (κ3) is 3.52. The minimum Gasteiger partial charge on any atom is -0.355 e. The van der Waals surface area contributed by atoms with Crippen molar-refractivity contribution in [3.05, 3.63) is 65.6 Å². The van der Waals surface area contributed by atoms with E-state index in [1.165, 1.54) is 12.1 Å². The fourth-order valence-electron chi connectivity index (χ4n) is 3.17. The van der Waals surface area contributed by atoms with Gasteiger partial charge in [-0.15, -0.1) is 0 Å². The van der Waals surface area contributed by atoms with Gasteiger partial charge >= 0.3 is 0 Å². The summed E-state index contributed by atoms with van der Waals surface area (Å²) in [5.41, 5.74) is 4.12. The molecule has 7 nitrogen and oxygen atoms in total. The second-order valence-electron chi connectivity index (χ2n) is 6.59. The Morgan fingerprint density at radius 2 is 1.86 bits per heavy atom. The van der Waals surface area contributed by atoms with Gasteiger partial charge in [-0.25, -0.2) is 14.4 Å². The zero-order chi connectivity index (χ0) is 20.5. The summed E-state index contributed by atoms with van der Waals surface area (Å²) in [5, 5.41) is 10.3. The van der Waals surface area contributed by atoms with Crippen LogP contribution in [0.5, 0.6) is 0 Å². The first-order chi connectivity index (χ1) is 14.0. The predicted molar refractivity (Wildman–Crippen MR) is 110 cm³/mol. The van der Waals surface area contributed by atoms with E-state index in [1.54, 1.807) is 42.1 Å². The zero-order valence-electron chi connectivity index (χ0n) is 16.2. The van der Waals surface area contributed by atoms with Gasteiger partial charge in [0.2, 0.25) is 0 Å². The molecule has 1 amide bonds. The maximum absolute atomic E-state index is 13.3. The summed E-state index contributed by atoms with van der Waals surface area (Å²) in [7, 11) is 3.41. The Balaban J connectivity index is 1.84. The van der Waals surface area contributed by atoms with Crippen LogP contribution in [0.3, 0.4) is 0 Å². The van der Waals surface area contributed by atoms with E-state index in [4.69, 9.17) is 0 Å². The topological polar surface area (TPSA) is 84.7 Å². The standard InChI is InChI=1S/C21H19FN6O/c1-12-17-18(28(3)27-12)20(24-16-6-4-5-14(11-16)21(29)23-2)26-19(25-17)13-7-9-15(22)10-8-13/h4-11H,1-3H3,(H,23,29)(H,24,25,26). The molecule has 4 aromatic rings. The first kappa shape index (κ1) is 18.5. The fourth-order valence-corrected chi connectivity index (χ4v) is 3.17. The highest BCUT2D eigenvalue weighted by molar-refractivity contribution is 5.96. The van der Waals surface area contributed by atoms with Crippen molar-refractivity contribution in [2.45, 2.75) is 6.92 Å². The molecule has 0 saturated carbocycles. The van der Waals surface area contributed by atoms with Crippen molar-refractivity contribution in [3.63, 3.8) is 0 Å². The number of carbonyl (C=O) groups excluding carboxylic acids is 1. The van der Waals surface area contributed by atoms with E-state index < -0.39 is 0 Å². The van der Waals surface area contributed by atoms with Crippen molar-refractivity contribution >= 4 is 28.4 Å². The number of carbonyl (C=O) groups is 1. The minimum absolute atomic E-state index is 0.176. The Morgan fingerprint density at radius 1 is 1.10 bits per heavy atom. The summed E-state index contributed by atoms with van der Waals surface area (Å²) in [4.78, 5) is 21.2. The Kier molecular flexibility index (Phi) is 4.67. The Labute approximate surface area is 166 Å². The number of hydrogen-bond acceptors (Lipinski definition) is 5. The van der Waals surface area contributed by atoms with Crippen molar-refractivity contribution in [3.8, 4) is 11.4 Å². The van der Waals surface area contributed by atoms with Crippen LogP contribution in [0.2, 0.25) is 0 Å². The number of aryl methyl sites for hydroxylation is 2. The molecule has 0 bridgehead atoms. The number of hydrogen-bond donors (Lipinski definition) is 2. The lowest BCUT2D eigenvalue weighted by Crippen LogP contribution is -2.17. The predicted octanol–water partition coefficient (Wildman–Crippen LogP) is 3.58. The smallest absolute Gasteiger partial charge is 0.251 e. The SMILES string of the molecule is CNC(=O)c1cccc(Nc2nc(-c3ccc(F)cc3)nc3c(C)nn(C)c23)c1. The fraction of sp³-hybridized carbons (Fsp3) is 0.143. The van der Waals surface area contributed by atoms with E-state index in [2.05, 4.69) is 25.7 Å². The van der Waals surface area contributed by atoms with Gasteiger partial charge in [-0.05, 0) is 49.4 Å². The molecular formula is C21H19FN6O. The highest BCUT2D eigenvalue weighted by atomic mass is 19.1. The summed E-state index contributed by atoms with van der Waals surface area (Å²) < 4.78 is 15.0. The quantitative estimate of drug-likeness (QED) is 0.556. The first-order valence-electron chi connectivity index (χ1n) is 9.02. The molecular weight excluding hydrogens is 371 g/mol. The summed E-state index contributed by atoms with van der Waals surface area (Å²) in [6.45, 7) is 1.87. The van der Waals surface area contributed by atoms with Crippen LogP contribution >= 0.6 is 0 Å². The van der Waals surface area contributed by atoms with E-state index in [0.29, 0.717) is 34.0 Å². The van der Waals surface area contributed by atoms with Gasteiger partial charge < -0.3 is 10.6 Å². The second-order valence-corrected chi connectivity index (χ2v) is 6.59. The normalized spacial score (nSPS) is 10.9. The van der Waals surface area contributed by atoms with Crippen molar-refractivity contribution in [1.29, 1.82) is 0 Å². The van der Waals surface area contributed by atoms with E-state index in [1.807, 2.05) is 20.0 Å². The molecule has 8 heteroatoms. The van der Waals surface area contributed by atoms with Gasteiger partial charge in [0.15, 0.2) is 11.6 Å². The largest absolute Gasteiger partial charge is 0.355 e. The number of anilines is 2. The number of amides is 1. The summed E-state index contributed by atoms with van der Waals surface area (Å²) in [6, 6.07) is 13.1. The van der Waals surface area contributed by atoms with Crippen molar-refractivity contribution in [2.75, 3.05) is 12.4 Å². The lowest BCUT2D eigenvalue weighted by molar-refractivity contribution is 0.0963. The molecule has 0 unspecified atom stereocenters. The number of nitrogens with one attached hydrogen (secondary N) is 2. The number of fused-ring (bicyclic) bond motifs is 1. The third-order valence-electron chi connectivity index (χ3n) is 4.57. The van der Waals surface area contributed by atoms with Crippen LogP contribution in [0.25, 0.3) is 22.4 Å². The number of aromatic nitrogens is 4. The number of nitrogens with zero attached hydrogens (tertiary/aromatic N) is 4. The molecule has 0 aliphatic rings. The lowest BCUT2D eigenvalue weighted by atomic mass is 10.2. The second kappa shape index (κ2) is 7.31. The molecule has 0 aliphatic carbocycles. The van der Waals surface area contributed by atoms with Crippen LogP contribution in [-0.2, 0) is 7.05 Å². The molecule has 0 atom stereocenters. The Bertz CT molecular complexity index is 1220. The molecule has 0 saturated heterocycles. The highest BCUT2D eigenvalue weighted by Crippen LogP contribution is 2.29. The van der Waals surface area contributed by atoms with E-state index >= 15 is 0 Å². The van der Waals surface area contributed by atoms with Crippen LogP contribution in [-0.4, -0.2) is 32.7 Å². The van der Waals surface area contributed by atoms with Gasteiger partial charge in [0.25, 0.3) is 5.91 Å². The molecule has 2 aromatic heterocycles. The van der Waals surface area contributed by atoms with Gasteiger partial charge in [0.05, 0.1) is 5.69 Å². The van der Waals surface area contributed by atoms with Crippen molar-refractivity contribution in [2.24, 2.45) is 7.05 Å². The Morgan fingerprint density at radius 3 is 2.59 bits per heavy atom. The van der Waals surface area contributed by atoms with Gasteiger partial charge in [-0.2, -0.15) is 5.10 Å². The lowest BCUT2D eigenvalue weighted by Gasteiger charge is -2.11. The molecule has 0 radical (unpaired) electrons. The molecule has 0 fully saturated rings. The molecule has 0 aliphatic heterocycles. The monoisotopic (exact) mass is 390 g/mol. The van der Waals surface area contributed by atoms with Crippen molar-refractivity contribution in [1.82, 2.24) is 25.1 Å². The molecule has 29 heavy (non-hydrogen) atoms. The number of benzene rings is 2. The van der Waals surface area contributed by atoms with Gasteiger partial charge in [-0.3, -0.25) is 9.48 Å². The number of halogens is 1. The molecule has 4 rings (SSSR count). The number of rotatable bonds is 4. The molecule has 0 spiro atoms. The van der Waals surface area contributed by atoms with Crippen LogP contribution in [0.4, 0.5) is 15.9 Å². The van der Waals surface area contributed by atoms with E-state index in [-0.39, 0.29) is 11.7 Å². The highest BCUT2D eigenvalue weighted by Gasteiger charge is 2.17. The average Bonchev–Trinajstić information content (AvgIpc) is 3.02. The molecule has 2 N–H and O–H groups in total. The molecule has 2 aromatic carbocycles. The van der Waals surface area contributed by atoms with Crippen molar-refractivity contribution < 1.29 is 9.18 Å². The average molecular weight is 390 g/mol. The van der Waals surface area contributed by atoms with Crippen LogP contribution in [0, 0.1) is 12.7 Å². The zero-order valence-corrected chi connectivity index (χ0v) is 16.2. The van der Waals surface area contributed by atoms with Gasteiger partial charge in [0, 0.05) is 30.9 Å². The minimum atomic E-state index is -0.322. The first-order valence-corrected chi connectivity index (χ1v) is 9.02. The van der Waals surface area contributed by atoms with Gasteiger partial charge in [0.1, 0.15) is 16.9 Å². The summed E-state index contributed by atoms with van der Waals surface area (Å²) in [6.07, 6.45) is 0. The molecule has 2 heterocycles. The van der Waals surface area contributed by atoms with E-state index in [0.717, 1.165) is 11.2 Å². The Hall–Kier alpha value is -3.81. The van der Waals surface area contributed by atoms with Crippen LogP contribution in [0.1, 0.15) is 16.1 Å². The van der Waals surface area contributed by atoms with Gasteiger partial charge in [-0.1, -0.05) is 6.07 Å². The third-order valence-corrected chi connectivity index (χ3v) is 4.57. The maximum Gasteiger partial charge on any atom is 0.251 e. The van der Waals surface area contributed by atoms with Crippen LogP contribution < -0.4 is 10.6 Å². The summed E-state index contributed by atoms with van der Waals surface area (Å²) >= 11 is 0. The molecule has 146 valence electrons.